The summed E-state index contributed by atoms with van der Waals surface area (Å²) in [5, 5.41) is 13.1. The molecule has 102 valence electrons. The molecule has 0 saturated carbocycles. The average molecular weight is 289 g/mol. The molecule has 0 aliphatic heterocycles. The second-order valence-corrected chi connectivity index (χ2v) is 5.02. The van der Waals surface area contributed by atoms with Crippen molar-refractivity contribution < 1.29 is 9.52 Å². The topological polar surface area (TPSA) is 58.3 Å². The highest BCUT2D eigenvalue weighted by molar-refractivity contribution is 6.31. The van der Waals surface area contributed by atoms with E-state index in [1.54, 1.807) is 30.3 Å². The molecule has 5 heteroatoms. The Morgan fingerprint density at radius 3 is 2.75 bits per heavy atom. The molecule has 0 unspecified atom stereocenters. The molecule has 3 aromatic rings. The van der Waals surface area contributed by atoms with Crippen molar-refractivity contribution in [2.75, 3.05) is 5.32 Å². The maximum Gasteiger partial charge on any atom is 0.214 e. The van der Waals surface area contributed by atoms with Gasteiger partial charge in [0.15, 0.2) is 5.58 Å². The molecule has 1 aromatic heterocycles. The number of halogens is 1. The zero-order valence-electron chi connectivity index (χ0n) is 10.9. The Morgan fingerprint density at radius 1 is 1.25 bits per heavy atom. The minimum atomic E-state index is 0.239. The van der Waals surface area contributed by atoms with E-state index in [4.69, 9.17) is 16.0 Å². The highest BCUT2D eigenvalue weighted by Gasteiger charge is 2.09. The van der Waals surface area contributed by atoms with Gasteiger partial charge >= 0.3 is 0 Å². The average Bonchev–Trinajstić information content (AvgIpc) is 2.81. The maximum atomic E-state index is 9.22. The number of phenols is 1. The van der Waals surface area contributed by atoms with Crippen LogP contribution in [0.25, 0.3) is 11.1 Å². The normalized spacial score (nSPS) is 10.9. The van der Waals surface area contributed by atoms with Gasteiger partial charge in [-0.15, -0.1) is 0 Å². The van der Waals surface area contributed by atoms with E-state index < -0.39 is 0 Å². The van der Waals surface area contributed by atoms with Crippen LogP contribution in [0, 0.1) is 6.92 Å². The highest BCUT2D eigenvalue weighted by Crippen LogP contribution is 2.24. The fraction of sp³-hybridized carbons (Fsp3) is 0.133. The number of benzene rings is 2. The van der Waals surface area contributed by atoms with Gasteiger partial charge in [-0.3, -0.25) is 0 Å². The molecule has 1 heterocycles. The largest absolute Gasteiger partial charge is 0.508 e. The third-order valence-corrected chi connectivity index (χ3v) is 3.21. The number of fused-ring (bicyclic) bond motifs is 1. The summed E-state index contributed by atoms with van der Waals surface area (Å²) in [6.07, 6.45) is 0. The van der Waals surface area contributed by atoms with Gasteiger partial charge in [-0.2, -0.15) is 0 Å². The van der Waals surface area contributed by atoms with Crippen molar-refractivity contribution in [3.63, 3.8) is 0 Å². The second-order valence-electron chi connectivity index (χ2n) is 4.58. The van der Waals surface area contributed by atoms with Crippen LogP contribution in [0.3, 0.4) is 0 Å². The number of nitrogens with one attached hydrogen (secondary N) is 1. The number of oxazole rings is 1. The summed E-state index contributed by atoms with van der Waals surface area (Å²) in [5.41, 5.74) is 3.38. The molecule has 0 aliphatic rings. The Labute approximate surface area is 121 Å². The number of anilines is 1. The van der Waals surface area contributed by atoms with Gasteiger partial charge in [0.2, 0.25) is 5.89 Å². The van der Waals surface area contributed by atoms with E-state index in [-0.39, 0.29) is 5.75 Å². The van der Waals surface area contributed by atoms with Crippen molar-refractivity contribution in [3.05, 3.63) is 52.9 Å². The van der Waals surface area contributed by atoms with Gasteiger partial charge < -0.3 is 14.8 Å². The lowest BCUT2D eigenvalue weighted by atomic mass is 10.2. The molecule has 0 amide bonds. The summed E-state index contributed by atoms with van der Waals surface area (Å²) in [5.74, 6) is 0.834. The Hall–Kier alpha value is -2.20. The van der Waals surface area contributed by atoms with E-state index in [1.165, 1.54) is 0 Å². The van der Waals surface area contributed by atoms with E-state index in [0.717, 1.165) is 22.4 Å². The quantitative estimate of drug-likeness (QED) is 0.712. The number of nitrogens with zero attached hydrogens (tertiary/aromatic N) is 1. The Morgan fingerprint density at radius 2 is 2.00 bits per heavy atom. The minimum absolute atomic E-state index is 0.239. The smallest absolute Gasteiger partial charge is 0.214 e. The molecule has 0 aliphatic carbocycles. The lowest BCUT2D eigenvalue weighted by Crippen LogP contribution is -1.98. The molecule has 2 N–H and O–H groups in total. The lowest BCUT2D eigenvalue weighted by Gasteiger charge is -2.03. The fourth-order valence-electron chi connectivity index (χ4n) is 2.04. The summed E-state index contributed by atoms with van der Waals surface area (Å²) >= 11 is 6.00. The highest BCUT2D eigenvalue weighted by atomic mass is 35.5. The number of hydrogen-bond acceptors (Lipinski definition) is 4. The van der Waals surface area contributed by atoms with Crippen molar-refractivity contribution in [1.82, 2.24) is 4.98 Å². The first kappa shape index (κ1) is 12.8. The van der Waals surface area contributed by atoms with Gasteiger partial charge in [0.1, 0.15) is 11.3 Å². The third kappa shape index (κ3) is 2.56. The monoisotopic (exact) mass is 288 g/mol. The summed E-state index contributed by atoms with van der Waals surface area (Å²) in [6, 6.07) is 10.5. The first-order valence-electron chi connectivity index (χ1n) is 6.20. The Bertz CT molecular complexity index is 750. The van der Waals surface area contributed by atoms with Gasteiger partial charge in [-0.1, -0.05) is 11.6 Å². The molecule has 0 saturated heterocycles. The van der Waals surface area contributed by atoms with Gasteiger partial charge in [0.05, 0.1) is 6.54 Å². The second kappa shape index (κ2) is 5.06. The van der Waals surface area contributed by atoms with Crippen molar-refractivity contribution in [2.24, 2.45) is 0 Å². The van der Waals surface area contributed by atoms with E-state index in [1.807, 2.05) is 13.0 Å². The molecule has 4 nitrogen and oxygen atoms in total. The van der Waals surface area contributed by atoms with Crippen LogP contribution in [-0.4, -0.2) is 10.1 Å². The first-order chi connectivity index (χ1) is 9.61. The lowest BCUT2D eigenvalue weighted by molar-refractivity contribution is 0.475. The molecule has 0 radical (unpaired) electrons. The number of aromatic nitrogens is 1. The van der Waals surface area contributed by atoms with Crippen LogP contribution in [0.15, 0.2) is 40.8 Å². The van der Waals surface area contributed by atoms with Crippen LogP contribution < -0.4 is 5.32 Å². The van der Waals surface area contributed by atoms with Gasteiger partial charge in [-0.05, 0) is 48.9 Å². The SMILES string of the molecule is Cc1cc(Cl)cc2nc(CNc3ccc(O)cc3)oc12. The van der Waals surface area contributed by atoms with Crippen molar-refractivity contribution in [3.8, 4) is 5.75 Å². The molecule has 0 atom stereocenters. The molecule has 20 heavy (non-hydrogen) atoms. The molecule has 0 spiro atoms. The van der Waals surface area contributed by atoms with Crippen molar-refractivity contribution >= 4 is 28.4 Å². The molecule has 3 rings (SSSR count). The first-order valence-corrected chi connectivity index (χ1v) is 6.58. The zero-order valence-corrected chi connectivity index (χ0v) is 11.6. The van der Waals surface area contributed by atoms with Crippen LogP contribution in [0.5, 0.6) is 5.75 Å². The Balaban J connectivity index is 1.81. The van der Waals surface area contributed by atoms with E-state index in [9.17, 15) is 5.11 Å². The molecular weight excluding hydrogens is 276 g/mol. The van der Waals surface area contributed by atoms with Crippen LogP contribution >= 0.6 is 11.6 Å². The van der Waals surface area contributed by atoms with Crippen molar-refractivity contribution in [1.29, 1.82) is 0 Å². The van der Waals surface area contributed by atoms with E-state index in [2.05, 4.69) is 10.3 Å². The minimum Gasteiger partial charge on any atom is -0.508 e. The van der Waals surface area contributed by atoms with Crippen LogP contribution in [-0.2, 0) is 6.54 Å². The predicted molar refractivity (Wildman–Crippen MR) is 79.2 cm³/mol. The number of rotatable bonds is 3. The number of aryl methyl sites for hydroxylation is 1. The third-order valence-electron chi connectivity index (χ3n) is 3.00. The van der Waals surface area contributed by atoms with Crippen LogP contribution in [0.4, 0.5) is 5.69 Å². The number of phenolic OH excluding ortho intramolecular Hbond substituents is 1. The molecule has 0 fully saturated rings. The molecule has 2 aromatic carbocycles. The van der Waals surface area contributed by atoms with Crippen LogP contribution in [0.2, 0.25) is 5.02 Å². The van der Waals surface area contributed by atoms with Gasteiger partial charge in [-0.25, -0.2) is 4.98 Å². The summed E-state index contributed by atoms with van der Waals surface area (Å²) in [6.45, 7) is 2.41. The fourth-order valence-corrected chi connectivity index (χ4v) is 2.30. The Kier molecular flexibility index (Phi) is 3.24. The number of aromatic hydroxyl groups is 1. The van der Waals surface area contributed by atoms with Crippen LogP contribution in [0.1, 0.15) is 11.5 Å². The van der Waals surface area contributed by atoms with Gasteiger partial charge in [0.25, 0.3) is 0 Å². The van der Waals surface area contributed by atoms with E-state index in [0.29, 0.717) is 17.5 Å². The predicted octanol–water partition coefficient (Wildman–Crippen LogP) is 4.11. The van der Waals surface area contributed by atoms with E-state index >= 15 is 0 Å². The summed E-state index contributed by atoms with van der Waals surface area (Å²) in [7, 11) is 0. The zero-order chi connectivity index (χ0) is 14.1. The van der Waals surface area contributed by atoms with Crippen molar-refractivity contribution in [2.45, 2.75) is 13.5 Å². The maximum absolute atomic E-state index is 9.22. The summed E-state index contributed by atoms with van der Waals surface area (Å²) in [4.78, 5) is 4.40. The van der Waals surface area contributed by atoms with Gasteiger partial charge in [0, 0.05) is 10.7 Å². The number of hydrogen-bond donors (Lipinski definition) is 2. The summed E-state index contributed by atoms with van der Waals surface area (Å²) < 4.78 is 5.72. The standard InChI is InChI=1S/C15H13ClN2O2/c1-9-6-10(16)7-13-15(9)20-14(18-13)8-17-11-2-4-12(19)5-3-11/h2-7,17,19H,8H2,1H3. The molecule has 0 bridgehead atoms. The molecular formula is C15H13ClN2O2.